The van der Waals surface area contributed by atoms with Crippen LogP contribution in [0.2, 0.25) is 5.02 Å². The summed E-state index contributed by atoms with van der Waals surface area (Å²) in [4.78, 5) is 22.3. The minimum absolute atomic E-state index is 0.00568. The molecule has 0 bridgehead atoms. The number of amides is 2. The van der Waals surface area contributed by atoms with Crippen molar-refractivity contribution in [3.8, 4) is 0 Å². The molecule has 0 heterocycles. The second-order valence-corrected chi connectivity index (χ2v) is 7.00. The van der Waals surface area contributed by atoms with E-state index in [4.69, 9.17) is 16.7 Å². The lowest BCUT2D eigenvalue weighted by molar-refractivity contribution is 0.0697. The monoisotopic (exact) mass is 334 g/mol. The number of urea groups is 1. The molecule has 21 heavy (non-hydrogen) atoms. The van der Waals surface area contributed by atoms with Crippen molar-refractivity contribution < 1.29 is 23.1 Å². The maximum absolute atomic E-state index is 11.5. The van der Waals surface area contributed by atoms with Crippen LogP contribution in [0, 0.1) is 0 Å². The molecule has 0 aliphatic heterocycles. The Morgan fingerprint density at radius 2 is 2.00 bits per heavy atom. The lowest BCUT2D eigenvalue weighted by atomic mass is 10.2. The predicted octanol–water partition coefficient (Wildman–Crippen LogP) is 1.59. The molecule has 0 fully saturated rings. The van der Waals surface area contributed by atoms with E-state index in [1.165, 1.54) is 25.1 Å². The molecule has 0 saturated heterocycles. The maximum atomic E-state index is 11.5. The van der Waals surface area contributed by atoms with Gasteiger partial charge in [-0.2, -0.15) is 0 Å². The molecule has 2 amide bonds. The van der Waals surface area contributed by atoms with Crippen molar-refractivity contribution in [3.63, 3.8) is 0 Å². The Hall–Kier alpha value is -1.80. The van der Waals surface area contributed by atoms with E-state index in [-0.39, 0.29) is 28.6 Å². The zero-order valence-electron chi connectivity index (χ0n) is 11.2. The van der Waals surface area contributed by atoms with E-state index in [0.717, 1.165) is 0 Å². The van der Waals surface area contributed by atoms with E-state index < -0.39 is 21.8 Å². The number of hydrogen-bond acceptors (Lipinski definition) is 4. The van der Waals surface area contributed by atoms with Crippen LogP contribution in [0.25, 0.3) is 0 Å². The topological polar surface area (TPSA) is 113 Å². The van der Waals surface area contributed by atoms with Crippen LogP contribution in [0.5, 0.6) is 0 Å². The van der Waals surface area contributed by atoms with Crippen LogP contribution in [-0.2, 0) is 9.84 Å². The van der Waals surface area contributed by atoms with Crippen LogP contribution in [0.15, 0.2) is 18.2 Å². The number of nitrogens with one attached hydrogen (secondary N) is 2. The smallest absolute Gasteiger partial charge is 0.337 e. The van der Waals surface area contributed by atoms with Gasteiger partial charge < -0.3 is 15.7 Å². The van der Waals surface area contributed by atoms with Gasteiger partial charge in [0.25, 0.3) is 0 Å². The van der Waals surface area contributed by atoms with E-state index in [2.05, 4.69) is 10.6 Å². The van der Waals surface area contributed by atoms with Crippen molar-refractivity contribution in [2.75, 3.05) is 23.4 Å². The van der Waals surface area contributed by atoms with E-state index in [1.807, 2.05) is 0 Å². The molecule has 0 atom stereocenters. The van der Waals surface area contributed by atoms with Crippen molar-refractivity contribution in [1.29, 1.82) is 0 Å². The highest BCUT2D eigenvalue weighted by Gasteiger charge is 2.11. The van der Waals surface area contributed by atoms with Crippen molar-refractivity contribution in [3.05, 3.63) is 28.8 Å². The zero-order valence-corrected chi connectivity index (χ0v) is 12.8. The molecule has 1 aromatic carbocycles. The molecule has 7 nitrogen and oxygen atoms in total. The highest BCUT2D eigenvalue weighted by Crippen LogP contribution is 2.20. The first-order valence-corrected chi connectivity index (χ1v) is 8.23. The van der Waals surface area contributed by atoms with Gasteiger partial charge in [0.1, 0.15) is 0 Å². The Bertz CT molecular complexity index is 645. The van der Waals surface area contributed by atoms with Gasteiger partial charge >= 0.3 is 12.0 Å². The predicted molar refractivity (Wildman–Crippen MR) is 79.8 cm³/mol. The number of benzene rings is 1. The van der Waals surface area contributed by atoms with Gasteiger partial charge in [0.05, 0.1) is 16.3 Å². The minimum atomic E-state index is -3.14. The van der Waals surface area contributed by atoms with E-state index in [0.29, 0.717) is 5.69 Å². The number of carboxylic acid groups (broad SMARTS) is 1. The molecule has 0 spiro atoms. The number of carboxylic acids is 1. The van der Waals surface area contributed by atoms with Crippen LogP contribution in [-0.4, -0.2) is 43.6 Å². The molecule has 0 unspecified atom stereocenters. The summed E-state index contributed by atoms with van der Waals surface area (Å²) in [5.41, 5.74) is 0.234. The first kappa shape index (κ1) is 17.3. The van der Waals surface area contributed by atoms with Gasteiger partial charge in [0.15, 0.2) is 9.84 Å². The number of aromatic carboxylic acids is 1. The summed E-state index contributed by atoms with van der Waals surface area (Å²) in [6.45, 7) is 1.52. The maximum Gasteiger partial charge on any atom is 0.337 e. The van der Waals surface area contributed by atoms with Crippen LogP contribution in [0.3, 0.4) is 0 Å². The van der Waals surface area contributed by atoms with Gasteiger partial charge in [-0.05, 0) is 18.2 Å². The summed E-state index contributed by atoms with van der Waals surface area (Å²) in [5.74, 6) is -1.29. The Labute approximate surface area is 127 Å². The second kappa shape index (κ2) is 7.28. The average molecular weight is 335 g/mol. The molecule has 0 radical (unpaired) electrons. The van der Waals surface area contributed by atoms with Gasteiger partial charge in [0, 0.05) is 18.0 Å². The first-order valence-electron chi connectivity index (χ1n) is 6.03. The molecule has 9 heteroatoms. The lowest BCUT2D eigenvalue weighted by Crippen LogP contribution is -2.33. The highest BCUT2D eigenvalue weighted by molar-refractivity contribution is 7.91. The van der Waals surface area contributed by atoms with Crippen molar-refractivity contribution in [1.82, 2.24) is 5.32 Å². The molecule has 0 saturated carbocycles. The highest BCUT2D eigenvalue weighted by atomic mass is 35.5. The summed E-state index contributed by atoms with van der Waals surface area (Å²) in [6, 6.07) is 3.35. The number of rotatable bonds is 6. The van der Waals surface area contributed by atoms with Crippen LogP contribution >= 0.6 is 11.6 Å². The van der Waals surface area contributed by atoms with Crippen LogP contribution in [0.1, 0.15) is 17.3 Å². The first-order chi connectivity index (χ1) is 9.75. The fraction of sp³-hybridized carbons (Fsp3) is 0.333. The largest absolute Gasteiger partial charge is 0.478 e. The standard InChI is InChI=1S/C12H15ClN2O5S/c1-2-21(19,20)6-5-14-12(18)15-8-3-4-9(11(16)17)10(13)7-8/h3-4,7H,2,5-6H2,1H3,(H,16,17)(H2,14,15,18). The third-order valence-electron chi connectivity index (χ3n) is 2.60. The number of hydrogen-bond donors (Lipinski definition) is 3. The Kier molecular flexibility index (Phi) is 5.98. The van der Waals surface area contributed by atoms with Gasteiger partial charge in [0.2, 0.25) is 0 Å². The number of halogens is 1. The zero-order chi connectivity index (χ0) is 16.0. The normalized spacial score (nSPS) is 11.0. The molecule has 0 aliphatic rings. The summed E-state index contributed by atoms with van der Waals surface area (Å²) in [6.07, 6.45) is 0. The summed E-state index contributed by atoms with van der Waals surface area (Å²) in [5, 5.41) is 13.6. The van der Waals surface area contributed by atoms with Crippen LogP contribution < -0.4 is 10.6 Å². The van der Waals surface area contributed by atoms with Crippen molar-refractivity contribution >= 4 is 39.1 Å². The molecular formula is C12H15ClN2O5S. The average Bonchev–Trinajstić information content (AvgIpc) is 2.38. The molecular weight excluding hydrogens is 320 g/mol. The van der Waals surface area contributed by atoms with Crippen LogP contribution in [0.4, 0.5) is 10.5 Å². The van der Waals surface area contributed by atoms with Gasteiger partial charge in [-0.25, -0.2) is 18.0 Å². The number of carbonyl (C=O) groups is 2. The fourth-order valence-electron chi connectivity index (χ4n) is 1.41. The minimum Gasteiger partial charge on any atom is -0.478 e. The van der Waals surface area contributed by atoms with E-state index >= 15 is 0 Å². The second-order valence-electron chi connectivity index (χ2n) is 4.12. The van der Waals surface area contributed by atoms with Crippen molar-refractivity contribution in [2.45, 2.75) is 6.92 Å². The third-order valence-corrected chi connectivity index (χ3v) is 4.61. The number of carbonyl (C=O) groups excluding carboxylic acids is 1. The van der Waals surface area contributed by atoms with Crippen molar-refractivity contribution in [2.24, 2.45) is 0 Å². The van der Waals surface area contributed by atoms with Gasteiger partial charge in [-0.15, -0.1) is 0 Å². The van der Waals surface area contributed by atoms with Gasteiger partial charge in [-0.1, -0.05) is 18.5 Å². The summed E-state index contributed by atoms with van der Waals surface area (Å²) >= 11 is 5.76. The molecule has 1 rings (SSSR count). The quantitative estimate of drug-likeness (QED) is 0.731. The molecule has 116 valence electrons. The van der Waals surface area contributed by atoms with E-state index in [9.17, 15) is 18.0 Å². The van der Waals surface area contributed by atoms with E-state index in [1.54, 1.807) is 0 Å². The number of sulfone groups is 1. The molecule has 0 aromatic heterocycles. The fourth-order valence-corrected chi connectivity index (χ4v) is 2.37. The summed E-state index contributed by atoms with van der Waals surface area (Å²) < 4.78 is 22.5. The van der Waals surface area contributed by atoms with Gasteiger partial charge in [-0.3, -0.25) is 0 Å². The summed E-state index contributed by atoms with van der Waals surface area (Å²) in [7, 11) is -3.14. The Morgan fingerprint density at radius 3 is 2.52 bits per heavy atom. The Balaban J connectivity index is 2.56. The third kappa shape index (κ3) is 5.60. The lowest BCUT2D eigenvalue weighted by Gasteiger charge is -2.08. The molecule has 0 aliphatic carbocycles. The Morgan fingerprint density at radius 1 is 1.33 bits per heavy atom. The molecule has 3 N–H and O–H groups in total. The number of anilines is 1. The SMILES string of the molecule is CCS(=O)(=O)CCNC(=O)Nc1ccc(C(=O)O)c(Cl)c1. The molecule has 1 aromatic rings.